The van der Waals surface area contributed by atoms with Gasteiger partial charge in [-0.25, -0.2) is 8.42 Å². The largest absolute Gasteiger partial charge is 0.355 e. The van der Waals surface area contributed by atoms with Gasteiger partial charge in [0.15, 0.2) is 11.5 Å². The first kappa shape index (κ1) is 20.6. The number of carbonyl (C=O) groups is 1. The molecule has 0 radical (unpaired) electrons. The van der Waals surface area contributed by atoms with Gasteiger partial charge in [-0.05, 0) is 43.2 Å². The molecule has 9 heteroatoms. The molecule has 0 bridgehead atoms. The van der Waals surface area contributed by atoms with E-state index in [4.69, 9.17) is 16.1 Å². The van der Waals surface area contributed by atoms with Gasteiger partial charge in [-0.2, -0.15) is 4.31 Å². The summed E-state index contributed by atoms with van der Waals surface area (Å²) in [6.45, 7) is 1.04. The van der Waals surface area contributed by atoms with E-state index < -0.39 is 15.9 Å². The number of amides is 1. The van der Waals surface area contributed by atoms with Crippen molar-refractivity contribution in [2.45, 2.75) is 24.2 Å². The summed E-state index contributed by atoms with van der Waals surface area (Å²) in [6, 6.07) is 14.7. The number of sulfonamides is 1. The van der Waals surface area contributed by atoms with Crippen LogP contribution in [0.15, 0.2) is 64.0 Å². The molecule has 1 aromatic heterocycles. The molecule has 0 aliphatic carbocycles. The molecule has 30 heavy (non-hydrogen) atoms. The maximum absolute atomic E-state index is 12.9. The van der Waals surface area contributed by atoms with Crippen molar-refractivity contribution in [3.8, 4) is 11.3 Å². The maximum atomic E-state index is 12.9. The quantitative estimate of drug-likeness (QED) is 0.627. The predicted octanol–water partition coefficient (Wildman–Crippen LogP) is 4.42. The van der Waals surface area contributed by atoms with Crippen LogP contribution < -0.4 is 5.32 Å². The Bertz CT molecular complexity index is 1170. The van der Waals surface area contributed by atoms with E-state index in [1.807, 2.05) is 0 Å². The minimum atomic E-state index is -3.59. The summed E-state index contributed by atoms with van der Waals surface area (Å²) in [6.07, 6.45) is 2.75. The summed E-state index contributed by atoms with van der Waals surface area (Å²) in [5, 5.41) is 7.03. The Balaban J connectivity index is 1.51. The maximum Gasteiger partial charge on any atom is 0.277 e. The third-order valence-electron chi connectivity index (χ3n) is 4.90. The molecule has 0 saturated carbocycles. The second-order valence-electron chi connectivity index (χ2n) is 7.03. The first-order valence-electron chi connectivity index (χ1n) is 9.58. The number of piperidine rings is 1. The highest BCUT2D eigenvalue weighted by Gasteiger charge is 2.26. The van der Waals surface area contributed by atoms with Crippen molar-refractivity contribution in [2.24, 2.45) is 0 Å². The van der Waals surface area contributed by atoms with Gasteiger partial charge in [0.25, 0.3) is 5.91 Å². The van der Waals surface area contributed by atoms with E-state index in [0.717, 1.165) is 19.3 Å². The van der Waals surface area contributed by atoms with Crippen molar-refractivity contribution in [2.75, 3.05) is 18.4 Å². The first-order valence-corrected chi connectivity index (χ1v) is 11.4. The van der Waals surface area contributed by atoms with Crippen LogP contribution in [0.25, 0.3) is 11.3 Å². The Morgan fingerprint density at radius 2 is 1.80 bits per heavy atom. The molecule has 1 saturated heterocycles. The Hall–Kier alpha value is -2.68. The summed E-state index contributed by atoms with van der Waals surface area (Å²) >= 11 is 5.99. The van der Waals surface area contributed by atoms with E-state index in [2.05, 4.69) is 10.5 Å². The second-order valence-corrected chi connectivity index (χ2v) is 9.41. The van der Waals surface area contributed by atoms with Crippen molar-refractivity contribution in [3.63, 3.8) is 0 Å². The minimum Gasteiger partial charge on any atom is -0.355 e. The second kappa shape index (κ2) is 8.59. The SMILES string of the molecule is O=C(Nc1cccc(S(=O)(=O)N2CCCCC2)c1)c1cc(-c2cccc(Cl)c2)on1. The molecule has 1 fully saturated rings. The number of benzene rings is 2. The van der Waals surface area contributed by atoms with Crippen molar-refractivity contribution in [3.05, 3.63) is 65.3 Å². The third kappa shape index (κ3) is 4.40. The van der Waals surface area contributed by atoms with Gasteiger partial charge in [0, 0.05) is 35.4 Å². The number of nitrogens with one attached hydrogen (secondary N) is 1. The monoisotopic (exact) mass is 445 g/mol. The molecule has 156 valence electrons. The predicted molar refractivity (Wildman–Crippen MR) is 114 cm³/mol. The Labute approximate surface area is 179 Å². The van der Waals surface area contributed by atoms with Gasteiger partial charge < -0.3 is 9.84 Å². The molecule has 1 aliphatic rings. The smallest absolute Gasteiger partial charge is 0.277 e. The molecule has 2 aromatic carbocycles. The number of hydrogen-bond acceptors (Lipinski definition) is 5. The van der Waals surface area contributed by atoms with E-state index in [1.165, 1.54) is 22.5 Å². The number of anilines is 1. The minimum absolute atomic E-state index is 0.0780. The Morgan fingerprint density at radius 1 is 1.03 bits per heavy atom. The van der Waals surface area contributed by atoms with Gasteiger partial charge in [-0.15, -0.1) is 0 Å². The Kier molecular flexibility index (Phi) is 5.90. The van der Waals surface area contributed by atoms with Crippen molar-refractivity contribution in [1.29, 1.82) is 0 Å². The number of halogens is 1. The van der Waals surface area contributed by atoms with Crippen LogP contribution in [0.5, 0.6) is 0 Å². The van der Waals surface area contributed by atoms with Crippen LogP contribution in [0, 0.1) is 0 Å². The summed E-state index contributed by atoms with van der Waals surface area (Å²) in [5.41, 5.74) is 1.14. The average molecular weight is 446 g/mol. The molecule has 7 nitrogen and oxygen atoms in total. The van der Waals surface area contributed by atoms with Crippen molar-refractivity contribution in [1.82, 2.24) is 9.46 Å². The molecule has 3 aromatic rings. The zero-order valence-electron chi connectivity index (χ0n) is 16.0. The number of nitrogens with zero attached hydrogens (tertiary/aromatic N) is 2. The lowest BCUT2D eigenvalue weighted by Crippen LogP contribution is -2.35. The zero-order chi connectivity index (χ0) is 21.1. The van der Waals surface area contributed by atoms with Crippen molar-refractivity contribution >= 4 is 33.2 Å². The molecular formula is C21H20ClN3O4S. The lowest BCUT2D eigenvalue weighted by Gasteiger charge is -2.26. The van der Waals surface area contributed by atoms with Gasteiger partial charge in [0.2, 0.25) is 10.0 Å². The van der Waals surface area contributed by atoms with E-state index in [-0.39, 0.29) is 10.6 Å². The highest BCUT2D eigenvalue weighted by atomic mass is 35.5. The van der Waals surface area contributed by atoms with Gasteiger partial charge >= 0.3 is 0 Å². The molecule has 1 amide bonds. The fraction of sp³-hybridized carbons (Fsp3) is 0.238. The molecule has 2 heterocycles. The van der Waals surface area contributed by atoms with Crippen LogP contribution in [0.4, 0.5) is 5.69 Å². The van der Waals surface area contributed by atoms with E-state index in [1.54, 1.807) is 36.4 Å². The van der Waals surface area contributed by atoms with Gasteiger partial charge in [-0.3, -0.25) is 4.79 Å². The third-order valence-corrected chi connectivity index (χ3v) is 7.03. The normalized spacial score (nSPS) is 15.1. The molecule has 1 N–H and O–H groups in total. The van der Waals surface area contributed by atoms with Crippen LogP contribution in [0.2, 0.25) is 5.02 Å². The van der Waals surface area contributed by atoms with Crippen LogP contribution in [0.1, 0.15) is 29.8 Å². The zero-order valence-corrected chi connectivity index (χ0v) is 17.6. The van der Waals surface area contributed by atoms with Crippen LogP contribution >= 0.6 is 11.6 Å². The molecule has 0 spiro atoms. The number of rotatable bonds is 5. The lowest BCUT2D eigenvalue weighted by atomic mass is 10.1. The lowest BCUT2D eigenvalue weighted by molar-refractivity contribution is 0.101. The standard InChI is InChI=1S/C21H20ClN3O4S/c22-16-7-4-6-15(12-16)20-14-19(24-29-20)21(26)23-17-8-5-9-18(13-17)30(27,28)25-10-2-1-3-11-25/h4-9,12-14H,1-3,10-11H2,(H,23,26). The molecule has 4 rings (SSSR count). The molecule has 0 unspecified atom stereocenters. The summed E-state index contributed by atoms with van der Waals surface area (Å²) in [5.74, 6) is -0.0939. The summed E-state index contributed by atoms with van der Waals surface area (Å²) < 4.78 is 32.5. The average Bonchev–Trinajstić information content (AvgIpc) is 3.25. The number of aromatic nitrogens is 1. The van der Waals surface area contributed by atoms with Crippen LogP contribution in [-0.2, 0) is 10.0 Å². The van der Waals surface area contributed by atoms with Gasteiger partial charge in [0.1, 0.15) is 0 Å². The van der Waals surface area contributed by atoms with Gasteiger partial charge in [0.05, 0.1) is 4.90 Å². The molecular weight excluding hydrogens is 426 g/mol. The Morgan fingerprint density at radius 3 is 2.57 bits per heavy atom. The summed E-state index contributed by atoms with van der Waals surface area (Å²) in [4.78, 5) is 12.7. The number of carbonyl (C=O) groups excluding carboxylic acids is 1. The highest BCUT2D eigenvalue weighted by Crippen LogP contribution is 2.25. The number of hydrogen-bond donors (Lipinski definition) is 1. The molecule has 1 aliphatic heterocycles. The van der Waals surface area contributed by atoms with Crippen molar-refractivity contribution < 1.29 is 17.7 Å². The van der Waals surface area contributed by atoms with E-state index in [9.17, 15) is 13.2 Å². The first-order chi connectivity index (χ1) is 14.4. The topological polar surface area (TPSA) is 92.5 Å². The van der Waals surface area contributed by atoms with Gasteiger partial charge in [-0.1, -0.05) is 41.4 Å². The van der Waals surface area contributed by atoms with E-state index in [0.29, 0.717) is 35.1 Å². The molecule has 0 atom stereocenters. The fourth-order valence-electron chi connectivity index (χ4n) is 3.34. The fourth-order valence-corrected chi connectivity index (χ4v) is 5.10. The van der Waals surface area contributed by atoms with Crippen LogP contribution in [-0.4, -0.2) is 36.9 Å². The highest BCUT2D eigenvalue weighted by molar-refractivity contribution is 7.89. The van der Waals surface area contributed by atoms with E-state index >= 15 is 0 Å². The summed E-state index contributed by atoms with van der Waals surface area (Å²) in [7, 11) is -3.59. The van der Waals surface area contributed by atoms with Crippen LogP contribution in [0.3, 0.4) is 0 Å².